The van der Waals surface area contributed by atoms with Crippen molar-refractivity contribution in [3.05, 3.63) is 35.8 Å². The SMILES string of the molecule is COc1ccc2ncc(F)c(C(O)CC3OCC(N)CO3)c2c1. The molecule has 1 aromatic carbocycles. The highest BCUT2D eigenvalue weighted by atomic mass is 19.1. The van der Waals surface area contributed by atoms with Crippen molar-refractivity contribution in [3.8, 4) is 5.75 Å². The van der Waals surface area contributed by atoms with Crippen LogP contribution in [-0.2, 0) is 9.47 Å². The van der Waals surface area contributed by atoms with Crippen molar-refractivity contribution in [2.24, 2.45) is 5.73 Å². The van der Waals surface area contributed by atoms with Gasteiger partial charge in [-0.05, 0) is 18.2 Å². The van der Waals surface area contributed by atoms with E-state index in [0.29, 0.717) is 29.9 Å². The third kappa shape index (κ3) is 3.42. The summed E-state index contributed by atoms with van der Waals surface area (Å²) < 4.78 is 30.2. The minimum absolute atomic E-state index is 0.111. The maximum absolute atomic E-state index is 14.3. The van der Waals surface area contributed by atoms with E-state index in [4.69, 9.17) is 19.9 Å². The fourth-order valence-electron chi connectivity index (χ4n) is 2.63. The second-order valence-electron chi connectivity index (χ2n) is 5.51. The van der Waals surface area contributed by atoms with E-state index in [1.54, 1.807) is 18.2 Å². The molecule has 7 heteroatoms. The molecule has 124 valence electrons. The van der Waals surface area contributed by atoms with Crippen LogP contribution in [0.3, 0.4) is 0 Å². The largest absolute Gasteiger partial charge is 0.497 e. The number of nitrogens with zero attached hydrogens (tertiary/aromatic N) is 1. The summed E-state index contributed by atoms with van der Waals surface area (Å²) in [6, 6.07) is 4.93. The molecule has 23 heavy (non-hydrogen) atoms. The number of ether oxygens (including phenoxy) is 3. The van der Waals surface area contributed by atoms with Crippen LogP contribution in [-0.4, -0.2) is 42.7 Å². The lowest BCUT2D eigenvalue weighted by Gasteiger charge is -2.29. The summed E-state index contributed by atoms with van der Waals surface area (Å²) in [5.41, 5.74) is 6.42. The van der Waals surface area contributed by atoms with Crippen molar-refractivity contribution >= 4 is 10.9 Å². The number of hydrogen-bond donors (Lipinski definition) is 2. The number of benzene rings is 1. The van der Waals surface area contributed by atoms with Crippen molar-refractivity contribution in [2.45, 2.75) is 24.9 Å². The van der Waals surface area contributed by atoms with E-state index < -0.39 is 18.2 Å². The smallest absolute Gasteiger partial charge is 0.160 e. The van der Waals surface area contributed by atoms with Crippen LogP contribution in [0.2, 0.25) is 0 Å². The molecule has 1 atom stereocenters. The molecule has 1 fully saturated rings. The van der Waals surface area contributed by atoms with Crippen molar-refractivity contribution in [3.63, 3.8) is 0 Å². The third-order valence-electron chi connectivity index (χ3n) is 3.81. The zero-order chi connectivity index (χ0) is 16.4. The molecule has 2 aromatic rings. The van der Waals surface area contributed by atoms with Gasteiger partial charge >= 0.3 is 0 Å². The zero-order valence-electron chi connectivity index (χ0n) is 12.7. The zero-order valence-corrected chi connectivity index (χ0v) is 12.7. The lowest BCUT2D eigenvalue weighted by molar-refractivity contribution is -0.197. The van der Waals surface area contributed by atoms with Crippen LogP contribution in [0, 0.1) is 5.82 Å². The molecular weight excluding hydrogens is 303 g/mol. The van der Waals surface area contributed by atoms with Gasteiger partial charge in [-0.15, -0.1) is 0 Å². The predicted octanol–water partition coefficient (Wildman–Crippen LogP) is 1.51. The first kappa shape index (κ1) is 16.1. The highest BCUT2D eigenvalue weighted by Gasteiger charge is 2.26. The Balaban J connectivity index is 1.89. The molecular formula is C16H19FN2O4. The van der Waals surface area contributed by atoms with Gasteiger partial charge in [0, 0.05) is 17.4 Å². The number of nitrogens with two attached hydrogens (primary N) is 1. The molecule has 0 bridgehead atoms. The lowest BCUT2D eigenvalue weighted by atomic mass is 10.0. The number of rotatable bonds is 4. The molecule has 6 nitrogen and oxygen atoms in total. The van der Waals surface area contributed by atoms with Gasteiger partial charge in [-0.2, -0.15) is 0 Å². The summed E-state index contributed by atoms with van der Waals surface area (Å²) in [5.74, 6) is -0.0137. The Kier molecular flexibility index (Phi) is 4.72. The van der Waals surface area contributed by atoms with Gasteiger partial charge in [0.1, 0.15) is 11.6 Å². The summed E-state index contributed by atoms with van der Waals surface area (Å²) in [4.78, 5) is 4.04. The molecule has 1 aliphatic heterocycles. The Morgan fingerprint density at radius 1 is 1.43 bits per heavy atom. The van der Waals surface area contributed by atoms with E-state index in [-0.39, 0.29) is 18.0 Å². The van der Waals surface area contributed by atoms with Crippen LogP contribution in [0.1, 0.15) is 18.1 Å². The van der Waals surface area contributed by atoms with Crippen molar-refractivity contribution in [2.75, 3.05) is 20.3 Å². The van der Waals surface area contributed by atoms with E-state index in [0.717, 1.165) is 6.20 Å². The maximum atomic E-state index is 14.3. The highest BCUT2D eigenvalue weighted by Crippen LogP contribution is 2.31. The van der Waals surface area contributed by atoms with E-state index in [2.05, 4.69) is 4.98 Å². The lowest BCUT2D eigenvalue weighted by Crippen LogP contribution is -2.41. The summed E-state index contributed by atoms with van der Waals surface area (Å²) in [6.07, 6.45) is -0.490. The van der Waals surface area contributed by atoms with E-state index >= 15 is 0 Å². The van der Waals surface area contributed by atoms with Crippen LogP contribution >= 0.6 is 0 Å². The number of pyridine rings is 1. The highest BCUT2D eigenvalue weighted by molar-refractivity contribution is 5.84. The standard InChI is InChI=1S/C16H19FN2O4/c1-21-10-2-3-13-11(4-10)16(12(17)6-19-13)14(20)5-15-22-7-9(18)8-23-15/h2-4,6,9,14-15,20H,5,7-8,18H2,1H3. The number of aromatic nitrogens is 1. The molecule has 1 aromatic heterocycles. The molecule has 0 amide bonds. The topological polar surface area (TPSA) is 86.8 Å². The Labute approximate surface area is 133 Å². The average molecular weight is 322 g/mol. The number of aliphatic hydroxyl groups excluding tert-OH is 1. The van der Waals surface area contributed by atoms with Gasteiger partial charge in [-0.1, -0.05) is 0 Å². The van der Waals surface area contributed by atoms with Gasteiger partial charge in [0.15, 0.2) is 6.29 Å². The first-order valence-corrected chi connectivity index (χ1v) is 7.37. The minimum Gasteiger partial charge on any atom is -0.497 e. The quantitative estimate of drug-likeness (QED) is 0.887. The Bertz CT molecular complexity index is 689. The number of fused-ring (bicyclic) bond motifs is 1. The van der Waals surface area contributed by atoms with Crippen LogP contribution < -0.4 is 10.5 Å². The molecule has 1 saturated heterocycles. The van der Waals surface area contributed by atoms with Crippen molar-refractivity contribution in [1.82, 2.24) is 4.98 Å². The molecule has 3 rings (SSSR count). The molecule has 0 spiro atoms. The molecule has 2 heterocycles. The van der Waals surface area contributed by atoms with Crippen molar-refractivity contribution < 1.29 is 23.7 Å². The Morgan fingerprint density at radius 3 is 2.87 bits per heavy atom. The molecule has 0 saturated carbocycles. The predicted molar refractivity (Wildman–Crippen MR) is 81.5 cm³/mol. The first-order valence-electron chi connectivity index (χ1n) is 7.37. The molecule has 0 aliphatic carbocycles. The maximum Gasteiger partial charge on any atom is 0.160 e. The van der Waals surface area contributed by atoms with Crippen LogP contribution in [0.15, 0.2) is 24.4 Å². The van der Waals surface area contributed by atoms with E-state index in [1.807, 2.05) is 0 Å². The third-order valence-corrected chi connectivity index (χ3v) is 3.81. The molecule has 3 N–H and O–H groups in total. The second-order valence-corrected chi connectivity index (χ2v) is 5.51. The fraction of sp³-hybridized carbons (Fsp3) is 0.438. The average Bonchev–Trinajstić information content (AvgIpc) is 2.56. The number of halogens is 1. The first-order chi connectivity index (χ1) is 11.1. The van der Waals surface area contributed by atoms with Crippen LogP contribution in [0.25, 0.3) is 10.9 Å². The minimum atomic E-state index is -1.09. The summed E-state index contributed by atoms with van der Waals surface area (Å²) in [7, 11) is 1.52. The Morgan fingerprint density at radius 2 is 2.17 bits per heavy atom. The van der Waals surface area contributed by atoms with Crippen LogP contribution in [0.4, 0.5) is 4.39 Å². The molecule has 1 unspecified atom stereocenters. The normalized spacial score (nSPS) is 23.0. The monoisotopic (exact) mass is 322 g/mol. The van der Waals surface area contributed by atoms with Gasteiger partial charge in [0.05, 0.1) is 44.2 Å². The number of hydrogen-bond acceptors (Lipinski definition) is 6. The summed E-state index contributed by atoms with van der Waals surface area (Å²) >= 11 is 0. The number of methoxy groups -OCH3 is 1. The van der Waals surface area contributed by atoms with Gasteiger partial charge < -0.3 is 25.1 Å². The fourth-order valence-corrected chi connectivity index (χ4v) is 2.63. The molecule has 0 radical (unpaired) electrons. The van der Waals surface area contributed by atoms with Gasteiger partial charge in [0.25, 0.3) is 0 Å². The van der Waals surface area contributed by atoms with Gasteiger partial charge in [-0.3, -0.25) is 4.98 Å². The van der Waals surface area contributed by atoms with Gasteiger partial charge in [0.2, 0.25) is 0 Å². The van der Waals surface area contributed by atoms with E-state index in [9.17, 15) is 9.50 Å². The summed E-state index contributed by atoms with van der Waals surface area (Å²) in [6.45, 7) is 0.704. The number of aliphatic hydroxyl groups is 1. The second kappa shape index (κ2) is 6.76. The van der Waals surface area contributed by atoms with Gasteiger partial charge in [-0.25, -0.2) is 4.39 Å². The van der Waals surface area contributed by atoms with Crippen LogP contribution in [0.5, 0.6) is 5.75 Å². The summed E-state index contributed by atoms with van der Waals surface area (Å²) in [5, 5.41) is 11.0. The van der Waals surface area contributed by atoms with E-state index in [1.165, 1.54) is 7.11 Å². The molecule has 1 aliphatic rings. The Hall–Kier alpha value is -1.80. The van der Waals surface area contributed by atoms with Crippen molar-refractivity contribution in [1.29, 1.82) is 0 Å².